The number of aliphatic hydroxyl groups is 1. The molecule has 3 N–H and O–H groups in total. The van der Waals surface area contributed by atoms with Crippen LogP contribution in [0.4, 0.5) is 19.0 Å². The highest BCUT2D eigenvalue weighted by molar-refractivity contribution is 7.21. The van der Waals surface area contributed by atoms with Crippen molar-refractivity contribution in [3.63, 3.8) is 0 Å². The number of alkyl halides is 3. The predicted octanol–water partition coefficient (Wildman–Crippen LogP) is 1.36. The van der Waals surface area contributed by atoms with Gasteiger partial charge >= 0.3 is 12.1 Å². The summed E-state index contributed by atoms with van der Waals surface area (Å²) in [7, 11) is 1.25. The lowest BCUT2D eigenvalue weighted by molar-refractivity contribution is -0.209. The molecule has 0 saturated carbocycles. The van der Waals surface area contributed by atoms with Crippen LogP contribution in [-0.2, 0) is 14.3 Å². The van der Waals surface area contributed by atoms with Crippen molar-refractivity contribution in [1.29, 1.82) is 0 Å². The quantitative estimate of drug-likeness (QED) is 0.418. The van der Waals surface area contributed by atoms with Crippen LogP contribution in [0.1, 0.15) is 5.56 Å². The van der Waals surface area contributed by atoms with E-state index >= 15 is 0 Å². The third-order valence-corrected chi connectivity index (χ3v) is 5.80. The first-order chi connectivity index (χ1) is 15.5. The first kappa shape index (κ1) is 22.4. The molecule has 170 valence electrons. The van der Waals surface area contributed by atoms with Gasteiger partial charge in [-0.3, -0.25) is 4.79 Å². The number of nitrogens with zero attached hydrogens (tertiary/aromatic N) is 4. The van der Waals surface area contributed by atoms with Crippen LogP contribution in [0.3, 0.4) is 0 Å². The number of rotatable bonds is 2. The number of ether oxygens (including phenoxy) is 1. The maximum Gasteiger partial charge on any atom is 0.490 e. The number of likely N-dealkylation sites (tertiary alicyclic amines) is 1. The molecule has 2 aromatic heterocycles. The van der Waals surface area contributed by atoms with E-state index in [1.165, 1.54) is 24.7 Å². The number of carbonyl (C=O) groups excluding carboxylic acids is 2. The molecule has 0 spiro atoms. The van der Waals surface area contributed by atoms with Crippen LogP contribution >= 0.6 is 11.3 Å². The number of esters is 1. The van der Waals surface area contributed by atoms with Crippen LogP contribution in [-0.4, -0.2) is 68.3 Å². The Morgan fingerprint density at radius 2 is 2.15 bits per heavy atom. The largest absolute Gasteiger partial charge is 0.490 e. The van der Waals surface area contributed by atoms with Gasteiger partial charge in [-0.2, -0.15) is 13.2 Å². The molecule has 1 aliphatic heterocycles. The van der Waals surface area contributed by atoms with Gasteiger partial charge in [0.1, 0.15) is 21.7 Å². The number of nitrogen functional groups attached to an aromatic ring is 1. The Kier molecular flexibility index (Phi) is 5.43. The second kappa shape index (κ2) is 7.98. The highest BCUT2D eigenvalue weighted by Crippen LogP contribution is 2.31. The number of hydrogen-bond acceptors (Lipinski definition) is 9. The molecule has 1 aromatic carbocycles. The number of hydrogen-bond donors (Lipinski definition) is 2. The minimum Gasteiger partial charge on any atom is -0.449 e. The van der Waals surface area contributed by atoms with Gasteiger partial charge in [-0.15, -0.1) is 0 Å². The smallest absolute Gasteiger partial charge is 0.449 e. The minimum atomic E-state index is -5.28. The Morgan fingerprint density at radius 3 is 2.85 bits per heavy atom. The monoisotopic (exact) mass is 477 g/mol. The maximum absolute atomic E-state index is 12.6. The van der Waals surface area contributed by atoms with Gasteiger partial charge in [-0.1, -0.05) is 29.4 Å². The number of fused-ring (bicyclic) bond motifs is 1. The standard InChI is InChI=1S/C20H14F3N5O4S/c1-28-8-12(32-18(30)20(21,22)23)19(31,17(28)29)6-5-10-3-2-4-11(7-10)15-27-13-14(24)25-9-26-16(13)33-15/h2-4,7,9,12,31H,8H2,1H3,(H2,24,25,26)/t12?,19-/m1/s1. The van der Waals surface area contributed by atoms with Crippen LogP contribution in [0, 0.1) is 11.8 Å². The minimum absolute atomic E-state index is 0.226. The lowest BCUT2D eigenvalue weighted by Crippen LogP contribution is -2.47. The van der Waals surface area contributed by atoms with E-state index in [-0.39, 0.29) is 5.82 Å². The molecule has 0 radical (unpaired) electrons. The van der Waals surface area contributed by atoms with E-state index in [1.807, 2.05) is 0 Å². The Hall–Kier alpha value is -3.76. The summed E-state index contributed by atoms with van der Waals surface area (Å²) in [4.78, 5) is 37.5. The molecule has 1 unspecified atom stereocenters. The van der Waals surface area contributed by atoms with E-state index in [0.29, 0.717) is 26.5 Å². The average molecular weight is 477 g/mol. The molecule has 1 aliphatic rings. The molecule has 4 rings (SSSR count). The highest BCUT2D eigenvalue weighted by Gasteiger charge is 2.56. The van der Waals surface area contributed by atoms with Crippen LogP contribution in [0.5, 0.6) is 0 Å². The molecular weight excluding hydrogens is 463 g/mol. The SMILES string of the molecule is CN1CC(OC(=O)C(F)(F)F)[C@](O)(C#Cc2cccc(-c3nc4c(N)ncnc4s3)c2)C1=O. The van der Waals surface area contributed by atoms with E-state index in [2.05, 4.69) is 31.5 Å². The first-order valence-electron chi connectivity index (χ1n) is 9.25. The number of anilines is 1. The van der Waals surface area contributed by atoms with Gasteiger partial charge in [-0.25, -0.2) is 19.7 Å². The molecule has 9 nitrogen and oxygen atoms in total. The van der Waals surface area contributed by atoms with Crippen LogP contribution in [0.2, 0.25) is 0 Å². The Bertz CT molecular complexity index is 1330. The van der Waals surface area contributed by atoms with Gasteiger partial charge in [0, 0.05) is 18.2 Å². The summed E-state index contributed by atoms with van der Waals surface area (Å²) in [6.07, 6.45) is -5.77. The number of thiazole rings is 1. The predicted molar refractivity (Wildman–Crippen MR) is 110 cm³/mol. The van der Waals surface area contributed by atoms with Gasteiger partial charge in [0.2, 0.25) is 5.60 Å². The molecule has 0 aliphatic carbocycles. The molecule has 0 bridgehead atoms. The second-order valence-electron chi connectivity index (χ2n) is 7.11. The van der Waals surface area contributed by atoms with E-state index in [4.69, 9.17) is 5.73 Å². The van der Waals surface area contributed by atoms with Gasteiger partial charge in [0.25, 0.3) is 5.91 Å². The summed E-state index contributed by atoms with van der Waals surface area (Å²) in [5.74, 6) is 1.59. The van der Waals surface area contributed by atoms with Crippen LogP contribution < -0.4 is 5.73 Å². The Balaban J connectivity index is 1.65. The van der Waals surface area contributed by atoms with E-state index in [1.54, 1.807) is 24.3 Å². The Labute approximate surface area is 188 Å². The topological polar surface area (TPSA) is 132 Å². The third kappa shape index (κ3) is 4.18. The molecule has 1 saturated heterocycles. The van der Waals surface area contributed by atoms with E-state index < -0.39 is 36.3 Å². The molecule has 3 aromatic rings. The van der Waals surface area contributed by atoms with Crippen molar-refractivity contribution >= 4 is 39.4 Å². The summed E-state index contributed by atoms with van der Waals surface area (Å²) in [6, 6.07) is 6.57. The fourth-order valence-electron chi connectivity index (χ4n) is 3.14. The van der Waals surface area contributed by atoms with E-state index in [0.717, 1.165) is 4.90 Å². The van der Waals surface area contributed by atoms with Crippen molar-refractivity contribution in [2.24, 2.45) is 0 Å². The zero-order chi connectivity index (χ0) is 24.0. The lowest BCUT2D eigenvalue weighted by Gasteiger charge is -2.21. The number of amides is 1. The maximum atomic E-state index is 12.6. The zero-order valence-corrected chi connectivity index (χ0v) is 17.6. The fraction of sp³-hybridized carbons (Fsp3) is 0.250. The number of aromatic nitrogens is 3. The van der Waals surface area contributed by atoms with Crippen molar-refractivity contribution in [3.8, 4) is 22.4 Å². The highest BCUT2D eigenvalue weighted by atomic mass is 32.1. The average Bonchev–Trinajstić information content (AvgIpc) is 3.29. The number of nitrogens with two attached hydrogens (primary N) is 1. The van der Waals surface area contributed by atoms with Crippen LogP contribution in [0.25, 0.3) is 20.9 Å². The summed E-state index contributed by atoms with van der Waals surface area (Å²) in [5, 5.41) is 11.3. The molecule has 1 amide bonds. The van der Waals surface area contributed by atoms with Gasteiger partial charge in [0.05, 0.1) is 6.54 Å². The lowest BCUT2D eigenvalue weighted by atomic mass is 9.99. The summed E-state index contributed by atoms with van der Waals surface area (Å²) >= 11 is 1.26. The van der Waals surface area contributed by atoms with Crippen molar-refractivity contribution in [2.75, 3.05) is 19.3 Å². The normalized spacial score (nSPS) is 20.6. The molecule has 33 heavy (non-hydrogen) atoms. The molecular formula is C20H14F3N5O4S. The fourth-order valence-corrected chi connectivity index (χ4v) is 4.05. The summed E-state index contributed by atoms with van der Waals surface area (Å²) in [6.45, 7) is -0.444. The third-order valence-electron chi connectivity index (χ3n) is 4.79. The number of carbonyl (C=O) groups is 2. The van der Waals surface area contributed by atoms with Crippen molar-refractivity contribution < 1.29 is 32.6 Å². The van der Waals surface area contributed by atoms with Gasteiger partial charge in [0.15, 0.2) is 11.9 Å². The van der Waals surface area contributed by atoms with Crippen LogP contribution in [0.15, 0.2) is 30.6 Å². The van der Waals surface area contributed by atoms with Crippen molar-refractivity contribution in [3.05, 3.63) is 36.2 Å². The first-order valence-corrected chi connectivity index (χ1v) is 10.1. The summed E-state index contributed by atoms with van der Waals surface area (Å²) < 4.78 is 42.1. The molecule has 1 fully saturated rings. The molecule has 3 heterocycles. The zero-order valence-electron chi connectivity index (χ0n) is 16.8. The molecule has 13 heteroatoms. The van der Waals surface area contributed by atoms with Crippen molar-refractivity contribution in [2.45, 2.75) is 17.9 Å². The van der Waals surface area contributed by atoms with Crippen molar-refractivity contribution in [1.82, 2.24) is 19.9 Å². The second-order valence-corrected chi connectivity index (χ2v) is 8.08. The number of benzene rings is 1. The van der Waals surface area contributed by atoms with Gasteiger partial charge in [-0.05, 0) is 18.1 Å². The number of likely N-dealkylation sites (N-methyl/N-ethyl adjacent to an activating group) is 1. The summed E-state index contributed by atoms with van der Waals surface area (Å²) in [5.41, 5.74) is 4.58. The molecule has 2 atom stereocenters. The van der Waals surface area contributed by atoms with Gasteiger partial charge < -0.3 is 20.5 Å². The van der Waals surface area contributed by atoms with E-state index in [9.17, 15) is 27.9 Å². The Morgan fingerprint density at radius 1 is 1.39 bits per heavy atom. The number of halogens is 3.